The minimum Gasteiger partial charge on any atom is -0.223 e. The lowest BCUT2D eigenvalue weighted by molar-refractivity contribution is 0.475. The Hall–Kier alpha value is 0.102. The van der Waals surface area contributed by atoms with Gasteiger partial charge in [0, 0.05) is 0 Å². The molecule has 0 bridgehead atoms. The summed E-state index contributed by atoms with van der Waals surface area (Å²) < 4.78 is 2.19. The van der Waals surface area contributed by atoms with E-state index in [2.05, 4.69) is 40.5 Å². The monoisotopic (exact) mass is 358 g/mol. The van der Waals surface area contributed by atoms with Crippen LogP contribution in [0.5, 0.6) is 0 Å². The second kappa shape index (κ2) is 11.0. The smallest absolute Gasteiger partial charge is 0.223 e. The van der Waals surface area contributed by atoms with Gasteiger partial charge in [-0.1, -0.05) is 130 Å². The zero-order chi connectivity index (χ0) is 16.5. The van der Waals surface area contributed by atoms with Gasteiger partial charge in [0.2, 0.25) is 0 Å². The Balaban J connectivity index is 1.72. The summed E-state index contributed by atoms with van der Waals surface area (Å²) in [5, 5.41) is 0. The van der Waals surface area contributed by atoms with Crippen LogP contribution < -0.4 is 0 Å². The largest absolute Gasteiger partial charge is 0.363 e. The molecule has 0 amide bonds. The number of hydrogen-bond donors (Lipinski definition) is 0. The van der Waals surface area contributed by atoms with Crippen molar-refractivity contribution in [2.45, 2.75) is 104 Å². The summed E-state index contributed by atoms with van der Waals surface area (Å²) in [7, 11) is 2.37. The van der Waals surface area contributed by atoms with Crippen molar-refractivity contribution in [2.75, 3.05) is 0 Å². The Bertz CT molecular complexity index is 409. The first-order valence-corrected chi connectivity index (χ1v) is 14.3. The standard InChI is InChI=1S/2C8H15.C6H6S.Al/c2*1-2-4-6-8-7-5-3-1;7-6-4-2-1-3-5-6;/h2*1H,2-8H2;1-5,7H;/q;;;+1/p-1. The van der Waals surface area contributed by atoms with Gasteiger partial charge in [-0.3, -0.25) is 0 Å². The van der Waals surface area contributed by atoms with Gasteiger partial charge < -0.3 is 0 Å². The molecule has 132 valence electrons. The van der Waals surface area contributed by atoms with Gasteiger partial charge >= 0.3 is 13.0 Å². The molecular formula is C22H35AlS. The molecule has 2 aliphatic carbocycles. The topological polar surface area (TPSA) is 0 Å². The average molecular weight is 359 g/mol. The average Bonchev–Trinajstić information content (AvgIpc) is 2.54. The zero-order valence-electron chi connectivity index (χ0n) is 15.4. The minimum absolute atomic E-state index is 0.804. The van der Waals surface area contributed by atoms with E-state index in [9.17, 15) is 0 Å². The molecule has 1 aromatic rings. The SMILES string of the molecule is c1ccc([S][Al]([CH]2CCCCCCC2)[CH]2CCCCCCC2)cc1. The molecule has 1 aromatic carbocycles. The summed E-state index contributed by atoms with van der Waals surface area (Å²) in [6.45, 7) is 0. The number of benzene rings is 1. The van der Waals surface area contributed by atoms with Crippen molar-refractivity contribution in [3.05, 3.63) is 30.3 Å². The maximum Gasteiger partial charge on any atom is 0.363 e. The van der Waals surface area contributed by atoms with Crippen molar-refractivity contribution in [3.63, 3.8) is 0 Å². The van der Waals surface area contributed by atoms with Crippen molar-refractivity contribution in [1.29, 1.82) is 0 Å². The van der Waals surface area contributed by atoms with Crippen molar-refractivity contribution >= 4 is 23.1 Å². The summed E-state index contributed by atoms with van der Waals surface area (Å²) in [5.74, 6) is 0. The molecule has 0 saturated heterocycles. The van der Waals surface area contributed by atoms with Gasteiger partial charge in [-0.2, -0.15) is 0 Å². The molecule has 0 N–H and O–H groups in total. The molecule has 0 heterocycles. The van der Waals surface area contributed by atoms with Crippen molar-refractivity contribution in [1.82, 2.24) is 0 Å². The Morgan fingerprint density at radius 2 is 1.00 bits per heavy atom. The molecule has 0 nitrogen and oxygen atoms in total. The molecule has 0 unspecified atom stereocenters. The van der Waals surface area contributed by atoms with E-state index < -0.39 is 13.0 Å². The summed E-state index contributed by atoms with van der Waals surface area (Å²) in [6, 6.07) is 11.4. The summed E-state index contributed by atoms with van der Waals surface area (Å²) in [4.78, 5) is 1.57. The predicted molar refractivity (Wildman–Crippen MR) is 110 cm³/mol. The predicted octanol–water partition coefficient (Wildman–Crippen LogP) is 8.00. The second-order valence-corrected chi connectivity index (χ2v) is 14.0. The molecule has 2 fully saturated rings. The van der Waals surface area contributed by atoms with Crippen LogP contribution in [0.15, 0.2) is 35.2 Å². The maximum atomic E-state index is 2.37. The van der Waals surface area contributed by atoms with Gasteiger partial charge in [-0.15, -0.1) is 0 Å². The summed E-state index contributed by atoms with van der Waals surface area (Å²) in [6.07, 6.45) is 21.2. The Kier molecular flexibility index (Phi) is 8.62. The van der Waals surface area contributed by atoms with E-state index >= 15 is 0 Å². The lowest BCUT2D eigenvalue weighted by Gasteiger charge is -2.32. The van der Waals surface area contributed by atoms with Gasteiger partial charge in [-0.25, -0.2) is 10.1 Å². The van der Waals surface area contributed by atoms with Crippen LogP contribution in [0.2, 0.25) is 9.56 Å². The zero-order valence-corrected chi connectivity index (χ0v) is 17.4. The number of rotatable bonds is 4. The first-order valence-electron chi connectivity index (χ1n) is 10.7. The molecular weight excluding hydrogens is 323 g/mol. The van der Waals surface area contributed by atoms with Crippen LogP contribution in [0.25, 0.3) is 0 Å². The third kappa shape index (κ3) is 6.12. The highest BCUT2D eigenvalue weighted by Crippen LogP contribution is 2.45. The molecule has 0 aromatic heterocycles. The summed E-state index contributed by atoms with van der Waals surface area (Å²) >= 11 is -0.804. The van der Waals surface area contributed by atoms with Gasteiger partial charge in [0.25, 0.3) is 0 Å². The molecule has 2 heteroatoms. The van der Waals surface area contributed by atoms with Crippen LogP contribution in [0.4, 0.5) is 0 Å². The Morgan fingerprint density at radius 3 is 1.46 bits per heavy atom. The van der Waals surface area contributed by atoms with Gasteiger partial charge in [-0.05, 0) is 4.90 Å². The number of hydrogen-bond acceptors (Lipinski definition) is 1. The van der Waals surface area contributed by atoms with Crippen LogP contribution in [-0.4, -0.2) is 13.0 Å². The molecule has 3 rings (SSSR count). The van der Waals surface area contributed by atoms with Gasteiger partial charge in [0.15, 0.2) is 0 Å². The van der Waals surface area contributed by atoms with E-state index in [-0.39, 0.29) is 0 Å². The van der Waals surface area contributed by atoms with Crippen molar-refractivity contribution in [2.24, 2.45) is 0 Å². The van der Waals surface area contributed by atoms with E-state index in [1.165, 1.54) is 64.2 Å². The maximum absolute atomic E-state index is 2.37. The Morgan fingerprint density at radius 1 is 0.583 bits per heavy atom. The quantitative estimate of drug-likeness (QED) is 0.491. The Labute approximate surface area is 157 Å². The molecule has 0 atom stereocenters. The van der Waals surface area contributed by atoms with Crippen LogP contribution in [0.1, 0.15) is 89.9 Å². The lowest BCUT2D eigenvalue weighted by atomic mass is 10.00. The van der Waals surface area contributed by atoms with Crippen LogP contribution in [0, 0.1) is 0 Å². The fraction of sp³-hybridized carbons (Fsp3) is 0.727. The highest BCUT2D eigenvalue weighted by Gasteiger charge is 2.36. The first-order chi connectivity index (χ1) is 11.9. The molecule has 24 heavy (non-hydrogen) atoms. The van der Waals surface area contributed by atoms with Crippen LogP contribution in [-0.2, 0) is 0 Å². The fourth-order valence-corrected chi connectivity index (χ4v) is 13.1. The van der Waals surface area contributed by atoms with Gasteiger partial charge in [0.1, 0.15) is 0 Å². The highest BCUT2D eigenvalue weighted by atomic mass is 32.3. The fourth-order valence-electron chi connectivity index (χ4n) is 4.87. The van der Waals surface area contributed by atoms with E-state index in [1.807, 2.05) is 0 Å². The van der Waals surface area contributed by atoms with E-state index in [0.29, 0.717) is 0 Å². The minimum atomic E-state index is -0.804. The normalized spacial score (nSPS) is 22.2. The third-order valence-electron chi connectivity index (χ3n) is 6.24. The van der Waals surface area contributed by atoms with Crippen LogP contribution >= 0.6 is 10.1 Å². The molecule has 2 saturated carbocycles. The molecule has 0 aliphatic heterocycles. The second-order valence-electron chi connectivity index (χ2n) is 8.11. The molecule has 2 aliphatic rings. The van der Waals surface area contributed by atoms with Crippen molar-refractivity contribution in [3.8, 4) is 0 Å². The molecule has 0 radical (unpaired) electrons. The van der Waals surface area contributed by atoms with E-state index in [1.54, 1.807) is 30.6 Å². The first kappa shape index (κ1) is 18.9. The van der Waals surface area contributed by atoms with E-state index in [4.69, 9.17) is 0 Å². The lowest BCUT2D eigenvalue weighted by Crippen LogP contribution is -2.25. The summed E-state index contributed by atoms with van der Waals surface area (Å²) in [5.41, 5.74) is 0. The molecule has 0 spiro atoms. The van der Waals surface area contributed by atoms with Crippen molar-refractivity contribution < 1.29 is 0 Å². The van der Waals surface area contributed by atoms with Gasteiger partial charge in [0.05, 0.1) is 0 Å². The third-order valence-corrected chi connectivity index (χ3v) is 14.2. The van der Waals surface area contributed by atoms with Crippen LogP contribution in [0.3, 0.4) is 0 Å². The van der Waals surface area contributed by atoms with E-state index in [0.717, 1.165) is 9.56 Å². The highest BCUT2D eigenvalue weighted by molar-refractivity contribution is 8.25.